The molecular formula is C14H21BrN2. The van der Waals surface area contributed by atoms with Gasteiger partial charge in [0.25, 0.3) is 0 Å². The molecule has 1 heterocycles. The van der Waals surface area contributed by atoms with Crippen LogP contribution in [0, 0.1) is 0 Å². The van der Waals surface area contributed by atoms with Gasteiger partial charge in [0.15, 0.2) is 0 Å². The van der Waals surface area contributed by atoms with Crippen molar-refractivity contribution in [3.05, 3.63) is 28.5 Å². The van der Waals surface area contributed by atoms with E-state index < -0.39 is 0 Å². The minimum absolute atomic E-state index is 0.753. The first-order chi connectivity index (χ1) is 8.25. The molecule has 2 rings (SSSR count). The maximum atomic E-state index is 4.45. The van der Waals surface area contributed by atoms with Gasteiger partial charge in [-0.3, -0.25) is 9.88 Å². The fraction of sp³-hybridized carbons (Fsp3) is 0.643. The van der Waals surface area contributed by atoms with E-state index in [9.17, 15) is 0 Å². The van der Waals surface area contributed by atoms with E-state index in [4.69, 9.17) is 0 Å². The van der Waals surface area contributed by atoms with Crippen LogP contribution in [0.1, 0.15) is 44.2 Å². The first-order valence-corrected chi connectivity index (χ1v) is 7.35. The summed E-state index contributed by atoms with van der Waals surface area (Å²) >= 11 is 3.42. The largest absolute Gasteiger partial charge is 0.298 e. The molecule has 0 unspecified atom stereocenters. The number of hydrogen-bond donors (Lipinski definition) is 0. The zero-order chi connectivity index (χ0) is 12.1. The molecule has 0 amide bonds. The van der Waals surface area contributed by atoms with Crippen LogP contribution in [0.5, 0.6) is 0 Å². The van der Waals surface area contributed by atoms with Crippen LogP contribution < -0.4 is 0 Å². The first-order valence-electron chi connectivity index (χ1n) is 6.56. The standard InChI is InChI=1S/C14H21BrN2/c1-17(14-6-4-2-3-5-7-14)11-13-9-8-12(15)10-16-13/h8-10,14H,2-7,11H2,1H3. The lowest BCUT2D eigenvalue weighted by Crippen LogP contribution is -2.30. The molecule has 17 heavy (non-hydrogen) atoms. The summed E-state index contributed by atoms with van der Waals surface area (Å²) in [6.45, 7) is 0.970. The van der Waals surface area contributed by atoms with Crippen LogP contribution >= 0.6 is 15.9 Å². The maximum Gasteiger partial charge on any atom is 0.0544 e. The van der Waals surface area contributed by atoms with Gasteiger partial charge in [-0.15, -0.1) is 0 Å². The van der Waals surface area contributed by atoms with E-state index in [2.05, 4.69) is 45.0 Å². The molecule has 1 aromatic rings. The lowest BCUT2D eigenvalue weighted by molar-refractivity contribution is 0.211. The third-order valence-corrected chi connectivity index (χ3v) is 4.12. The van der Waals surface area contributed by atoms with Gasteiger partial charge < -0.3 is 0 Å². The Morgan fingerprint density at radius 2 is 1.94 bits per heavy atom. The second-order valence-corrected chi connectivity index (χ2v) is 5.94. The highest BCUT2D eigenvalue weighted by molar-refractivity contribution is 9.10. The molecule has 1 aliphatic carbocycles. The summed E-state index contributed by atoms with van der Waals surface area (Å²) in [5.41, 5.74) is 1.17. The number of rotatable bonds is 3. The van der Waals surface area contributed by atoms with Crippen molar-refractivity contribution in [1.29, 1.82) is 0 Å². The highest BCUT2D eigenvalue weighted by Gasteiger charge is 2.17. The zero-order valence-corrected chi connectivity index (χ0v) is 12.1. The van der Waals surface area contributed by atoms with Crippen molar-refractivity contribution < 1.29 is 0 Å². The molecule has 1 aliphatic rings. The molecule has 0 aromatic carbocycles. The number of halogens is 1. The molecule has 0 radical (unpaired) electrons. The third-order valence-electron chi connectivity index (χ3n) is 3.65. The molecule has 0 saturated heterocycles. The second-order valence-electron chi connectivity index (χ2n) is 5.03. The van der Waals surface area contributed by atoms with Gasteiger partial charge in [0.2, 0.25) is 0 Å². The fourth-order valence-electron chi connectivity index (χ4n) is 2.58. The fourth-order valence-corrected chi connectivity index (χ4v) is 2.82. The summed E-state index contributed by atoms with van der Waals surface area (Å²) in [6.07, 6.45) is 10.2. The molecule has 1 aromatic heterocycles. The third kappa shape index (κ3) is 4.07. The minimum Gasteiger partial charge on any atom is -0.298 e. The molecule has 1 fully saturated rings. The van der Waals surface area contributed by atoms with Crippen LogP contribution in [0.3, 0.4) is 0 Å². The zero-order valence-electron chi connectivity index (χ0n) is 10.5. The molecule has 3 heteroatoms. The van der Waals surface area contributed by atoms with E-state index in [0.29, 0.717) is 0 Å². The van der Waals surface area contributed by atoms with Crippen molar-refractivity contribution in [2.75, 3.05) is 7.05 Å². The van der Waals surface area contributed by atoms with Crippen LogP contribution in [0.25, 0.3) is 0 Å². The molecule has 0 spiro atoms. The second kappa shape index (κ2) is 6.50. The Kier molecular flexibility index (Phi) is 4.99. The van der Waals surface area contributed by atoms with Gasteiger partial charge in [-0.2, -0.15) is 0 Å². The first kappa shape index (κ1) is 13.0. The molecule has 2 nitrogen and oxygen atoms in total. The summed E-state index contributed by atoms with van der Waals surface area (Å²) in [7, 11) is 2.24. The molecule has 0 atom stereocenters. The molecule has 0 bridgehead atoms. The predicted octanol–water partition coefficient (Wildman–Crippen LogP) is 4.00. The van der Waals surface area contributed by atoms with E-state index in [1.54, 1.807) is 0 Å². The minimum atomic E-state index is 0.753. The SMILES string of the molecule is CN(Cc1ccc(Br)cn1)C1CCCCCC1. The van der Waals surface area contributed by atoms with Crippen molar-refractivity contribution in [3.63, 3.8) is 0 Å². The summed E-state index contributed by atoms with van der Waals surface area (Å²) < 4.78 is 1.05. The molecule has 0 aliphatic heterocycles. The Labute approximate surface area is 113 Å². The van der Waals surface area contributed by atoms with E-state index in [1.807, 2.05) is 6.20 Å². The summed E-state index contributed by atoms with van der Waals surface area (Å²) in [5.74, 6) is 0. The number of nitrogens with zero attached hydrogens (tertiary/aromatic N) is 2. The van der Waals surface area contributed by atoms with Crippen molar-refractivity contribution >= 4 is 15.9 Å². The van der Waals surface area contributed by atoms with Crippen molar-refractivity contribution in [3.8, 4) is 0 Å². The quantitative estimate of drug-likeness (QED) is 0.784. The van der Waals surface area contributed by atoms with Crippen LogP contribution in [-0.2, 0) is 6.54 Å². The lowest BCUT2D eigenvalue weighted by atomic mass is 10.1. The van der Waals surface area contributed by atoms with Gasteiger partial charge in [0.1, 0.15) is 0 Å². The van der Waals surface area contributed by atoms with Gasteiger partial charge in [-0.05, 0) is 48.0 Å². The number of aromatic nitrogens is 1. The lowest BCUT2D eigenvalue weighted by Gasteiger charge is -2.26. The molecule has 1 saturated carbocycles. The molecule has 0 N–H and O–H groups in total. The average molecular weight is 297 g/mol. The Morgan fingerprint density at radius 3 is 2.53 bits per heavy atom. The average Bonchev–Trinajstić information content (AvgIpc) is 2.61. The Balaban J connectivity index is 1.90. The van der Waals surface area contributed by atoms with Gasteiger partial charge in [0.05, 0.1) is 5.69 Å². The predicted molar refractivity (Wildman–Crippen MR) is 74.9 cm³/mol. The smallest absolute Gasteiger partial charge is 0.0544 e. The van der Waals surface area contributed by atoms with Crippen LogP contribution in [-0.4, -0.2) is 23.0 Å². The van der Waals surface area contributed by atoms with E-state index in [0.717, 1.165) is 17.1 Å². The Bertz CT molecular complexity index is 329. The van der Waals surface area contributed by atoms with Crippen LogP contribution in [0.2, 0.25) is 0 Å². The number of hydrogen-bond acceptors (Lipinski definition) is 2. The topological polar surface area (TPSA) is 16.1 Å². The normalized spacial score (nSPS) is 18.3. The molecular weight excluding hydrogens is 276 g/mol. The van der Waals surface area contributed by atoms with Crippen molar-refractivity contribution in [1.82, 2.24) is 9.88 Å². The van der Waals surface area contributed by atoms with E-state index in [-0.39, 0.29) is 0 Å². The highest BCUT2D eigenvalue weighted by atomic mass is 79.9. The van der Waals surface area contributed by atoms with Gasteiger partial charge in [0, 0.05) is 23.3 Å². The summed E-state index contributed by atoms with van der Waals surface area (Å²) in [5, 5.41) is 0. The highest BCUT2D eigenvalue weighted by Crippen LogP contribution is 2.22. The van der Waals surface area contributed by atoms with Gasteiger partial charge in [-0.1, -0.05) is 25.7 Å². The monoisotopic (exact) mass is 296 g/mol. The Hall–Kier alpha value is -0.410. The van der Waals surface area contributed by atoms with Crippen LogP contribution in [0.4, 0.5) is 0 Å². The Morgan fingerprint density at radius 1 is 1.24 bits per heavy atom. The van der Waals surface area contributed by atoms with Crippen LogP contribution in [0.15, 0.2) is 22.8 Å². The maximum absolute atomic E-state index is 4.45. The summed E-state index contributed by atoms with van der Waals surface area (Å²) in [6, 6.07) is 4.93. The summed E-state index contributed by atoms with van der Waals surface area (Å²) in [4.78, 5) is 6.92. The van der Waals surface area contributed by atoms with Crippen molar-refractivity contribution in [2.45, 2.75) is 51.1 Å². The number of pyridine rings is 1. The molecule has 94 valence electrons. The van der Waals surface area contributed by atoms with Gasteiger partial charge >= 0.3 is 0 Å². The van der Waals surface area contributed by atoms with Crippen molar-refractivity contribution in [2.24, 2.45) is 0 Å². The van der Waals surface area contributed by atoms with E-state index >= 15 is 0 Å². The van der Waals surface area contributed by atoms with Gasteiger partial charge in [-0.25, -0.2) is 0 Å². The van der Waals surface area contributed by atoms with E-state index in [1.165, 1.54) is 44.2 Å².